The van der Waals surface area contributed by atoms with Crippen molar-refractivity contribution in [3.05, 3.63) is 36.2 Å². The van der Waals surface area contributed by atoms with E-state index in [0.717, 1.165) is 48.2 Å². The lowest BCUT2D eigenvalue weighted by atomic mass is 9.49. The first-order valence-electron chi connectivity index (χ1n) is 8.92. The highest BCUT2D eigenvalue weighted by Crippen LogP contribution is 2.60. The number of aromatic nitrogens is 2. The van der Waals surface area contributed by atoms with Crippen molar-refractivity contribution < 1.29 is 4.79 Å². The van der Waals surface area contributed by atoms with Crippen molar-refractivity contribution in [3.63, 3.8) is 0 Å². The van der Waals surface area contributed by atoms with E-state index in [4.69, 9.17) is 0 Å². The molecule has 23 heavy (non-hydrogen) atoms. The molecule has 120 valence electrons. The van der Waals surface area contributed by atoms with Crippen LogP contribution in [0, 0.1) is 23.2 Å². The maximum Gasteiger partial charge on any atom is 0.226 e. The molecule has 0 unspecified atom stereocenters. The quantitative estimate of drug-likeness (QED) is 0.946. The fraction of sp³-hybridized carbons (Fsp3) is 0.579. The first-order valence-corrected chi connectivity index (χ1v) is 8.92. The second-order valence-electron chi connectivity index (χ2n) is 8.09. The van der Waals surface area contributed by atoms with E-state index in [-0.39, 0.29) is 11.3 Å². The molecular weight excluding hydrogens is 286 g/mol. The number of carbonyl (C=O) groups is 1. The van der Waals surface area contributed by atoms with E-state index < -0.39 is 0 Å². The minimum absolute atomic E-state index is 0.0616. The van der Waals surface area contributed by atoms with Crippen molar-refractivity contribution >= 4 is 11.4 Å². The first-order chi connectivity index (χ1) is 11.2. The number of nitrogens with zero attached hydrogens (tertiary/aromatic N) is 2. The van der Waals surface area contributed by atoms with Crippen molar-refractivity contribution in [1.29, 1.82) is 0 Å². The number of amides is 1. The molecular formula is C19H23N3O. The Hall–Kier alpha value is -1.84. The number of fused-ring (bicyclic) bond motifs is 1. The van der Waals surface area contributed by atoms with E-state index in [2.05, 4.69) is 16.5 Å². The monoisotopic (exact) mass is 309 g/mol. The predicted octanol–water partition coefficient (Wildman–Crippen LogP) is 3.17. The number of nitrogens with one attached hydrogen (secondary N) is 1. The van der Waals surface area contributed by atoms with Crippen LogP contribution in [-0.4, -0.2) is 15.5 Å². The smallest absolute Gasteiger partial charge is 0.226 e. The van der Waals surface area contributed by atoms with Crippen LogP contribution in [0.15, 0.2) is 30.5 Å². The van der Waals surface area contributed by atoms with Crippen LogP contribution in [0.5, 0.6) is 0 Å². The van der Waals surface area contributed by atoms with E-state index in [9.17, 15) is 4.79 Å². The van der Waals surface area contributed by atoms with Gasteiger partial charge in [-0.15, -0.1) is 0 Å². The van der Waals surface area contributed by atoms with E-state index >= 15 is 0 Å². The molecule has 0 aromatic carbocycles. The van der Waals surface area contributed by atoms with E-state index in [1.807, 2.05) is 28.9 Å². The molecule has 0 radical (unpaired) electrons. The molecule has 4 fully saturated rings. The van der Waals surface area contributed by atoms with E-state index in [1.54, 1.807) is 0 Å². The summed E-state index contributed by atoms with van der Waals surface area (Å²) < 4.78 is 1.87. The van der Waals surface area contributed by atoms with E-state index in [0.29, 0.717) is 6.54 Å². The number of carbonyl (C=O) groups excluding carboxylic acids is 1. The molecule has 4 aliphatic rings. The Kier molecular flexibility index (Phi) is 2.85. The lowest BCUT2D eigenvalue weighted by Crippen LogP contribution is -2.53. The highest BCUT2D eigenvalue weighted by atomic mass is 16.2. The number of hydrogen-bond donors (Lipinski definition) is 1. The minimum atomic E-state index is -0.0616. The Morgan fingerprint density at radius 3 is 2.52 bits per heavy atom. The van der Waals surface area contributed by atoms with Gasteiger partial charge in [0.15, 0.2) is 0 Å². The minimum Gasteiger partial charge on any atom is -0.350 e. The van der Waals surface area contributed by atoms with Crippen molar-refractivity contribution in [2.75, 3.05) is 0 Å². The Bertz CT molecular complexity index is 695. The van der Waals surface area contributed by atoms with Crippen molar-refractivity contribution in [3.8, 4) is 0 Å². The fourth-order valence-corrected chi connectivity index (χ4v) is 5.82. The summed E-state index contributed by atoms with van der Waals surface area (Å²) >= 11 is 0. The van der Waals surface area contributed by atoms with Crippen molar-refractivity contribution in [2.24, 2.45) is 23.2 Å². The SMILES string of the molecule is O=C(NCc1cc2ccccn2n1)C12CC3CC(CC(C3)C1)C2. The molecule has 6 rings (SSSR count). The second kappa shape index (κ2) is 4.83. The molecule has 1 N–H and O–H groups in total. The predicted molar refractivity (Wildman–Crippen MR) is 87.6 cm³/mol. The van der Waals surface area contributed by atoms with Gasteiger partial charge in [-0.25, -0.2) is 4.52 Å². The molecule has 2 heterocycles. The fourth-order valence-electron chi connectivity index (χ4n) is 5.82. The molecule has 4 heteroatoms. The van der Waals surface area contributed by atoms with Gasteiger partial charge < -0.3 is 5.32 Å². The molecule has 4 aliphatic carbocycles. The highest BCUT2D eigenvalue weighted by molar-refractivity contribution is 5.83. The summed E-state index contributed by atoms with van der Waals surface area (Å²) in [5.74, 6) is 2.71. The average Bonchev–Trinajstić information content (AvgIpc) is 2.94. The summed E-state index contributed by atoms with van der Waals surface area (Å²) in [7, 11) is 0. The Balaban J connectivity index is 1.31. The molecule has 4 saturated carbocycles. The van der Waals surface area contributed by atoms with Crippen LogP contribution in [0.25, 0.3) is 5.52 Å². The first kappa shape index (κ1) is 13.6. The lowest BCUT2D eigenvalue weighted by Gasteiger charge is -2.55. The maximum absolute atomic E-state index is 12.9. The topological polar surface area (TPSA) is 46.4 Å². The van der Waals surface area contributed by atoms with Crippen molar-refractivity contribution in [2.45, 2.75) is 45.1 Å². The zero-order valence-corrected chi connectivity index (χ0v) is 13.4. The molecule has 0 atom stereocenters. The summed E-state index contributed by atoms with van der Waals surface area (Å²) in [6.45, 7) is 0.544. The van der Waals surface area contributed by atoms with Gasteiger partial charge in [-0.2, -0.15) is 5.10 Å². The van der Waals surface area contributed by atoms with Crippen LogP contribution in [0.4, 0.5) is 0 Å². The van der Waals surface area contributed by atoms with Gasteiger partial charge in [-0.3, -0.25) is 4.79 Å². The summed E-state index contributed by atoms with van der Waals surface area (Å²) in [5, 5.41) is 7.74. The molecule has 0 saturated heterocycles. The molecule has 2 aromatic rings. The summed E-state index contributed by atoms with van der Waals surface area (Å²) in [5.41, 5.74) is 1.95. The molecule has 0 aliphatic heterocycles. The summed E-state index contributed by atoms with van der Waals surface area (Å²) in [6, 6.07) is 8.07. The van der Waals surface area contributed by atoms with Crippen LogP contribution >= 0.6 is 0 Å². The summed E-state index contributed by atoms with van der Waals surface area (Å²) in [4.78, 5) is 12.9. The van der Waals surface area contributed by atoms with Gasteiger partial charge in [0.25, 0.3) is 0 Å². The van der Waals surface area contributed by atoms with E-state index in [1.165, 1.54) is 19.3 Å². The third-order valence-electron chi connectivity index (χ3n) is 6.37. The number of rotatable bonds is 3. The largest absolute Gasteiger partial charge is 0.350 e. The summed E-state index contributed by atoms with van der Waals surface area (Å²) in [6.07, 6.45) is 9.43. The normalized spacial score (nSPS) is 34.9. The standard InChI is InChI=1S/C19H23N3O/c23-18(19-9-13-5-14(10-19)7-15(6-13)11-19)20-12-16-8-17-3-1-2-4-22(17)21-16/h1-4,8,13-15H,5-7,9-12H2,(H,20,23). The second-order valence-corrected chi connectivity index (χ2v) is 8.09. The Morgan fingerprint density at radius 1 is 1.17 bits per heavy atom. The third-order valence-corrected chi connectivity index (χ3v) is 6.37. The molecule has 1 amide bonds. The van der Waals surface area contributed by atoms with Gasteiger partial charge in [0.2, 0.25) is 5.91 Å². The average molecular weight is 309 g/mol. The van der Waals surface area contributed by atoms with Crippen LogP contribution < -0.4 is 5.32 Å². The zero-order chi connectivity index (χ0) is 15.4. The lowest BCUT2D eigenvalue weighted by molar-refractivity contribution is -0.146. The van der Waals surface area contributed by atoms with Gasteiger partial charge >= 0.3 is 0 Å². The highest BCUT2D eigenvalue weighted by Gasteiger charge is 2.54. The maximum atomic E-state index is 12.9. The molecule has 0 spiro atoms. The van der Waals surface area contributed by atoms with Crippen LogP contribution in [0.3, 0.4) is 0 Å². The van der Waals surface area contributed by atoms with Gasteiger partial charge in [0.1, 0.15) is 0 Å². The van der Waals surface area contributed by atoms with Crippen molar-refractivity contribution in [1.82, 2.24) is 14.9 Å². The van der Waals surface area contributed by atoms with Gasteiger partial charge in [-0.05, 0) is 74.5 Å². The van der Waals surface area contributed by atoms with Gasteiger partial charge in [0.05, 0.1) is 17.8 Å². The third kappa shape index (κ3) is 2.19. The molecule has 2 aromatic heterocycles. The van der Waals surface area contributed by atoms with Crippen LogP contribution in [0.2, 0.25) is 0 Å². The number of pyridine rings is 1. The number of hydrogen-bond acceptors (Lipinski definition) is 2. The van der Waals surface area contributed by atoms with Crippen LogP contribution in [-0.2, 0) is 11.3 Å². The van der Waals surface area contributed by atoms with Gasteiger partial charge in [0, 0.05) is 11.6 Å². The Labute approximate surface area is 136 Å². The zero-order valence-electron chi connectivity index (χ0n) is 13.4. The van der Waals surface area contributed by atoms with Crippen LogP contribution in [0.1, 0.15) is 44.2 Å². The molecule has 4 bridgehead atoms. The van der Waals surface area contributed by atoms with Gasteiger partial charge in [-0.1, -0.05) is 6.07 Å². The Morgan fingerprint density at radius 2 is 1.87 bits per heavy atom. The molecule has 4 nitrogen and oxygen atoms in total.